The molecule has 1 heterocycles. The molecule has 1 atom stereocenters. The van der Waals surface area contributed by atoms with Gasteiger partial charge in [0.15, 0.2) is 0 Å². The Kier molecular flexibility index (Phi) is 4.23. The number of aryl methyl sites for hydroxylation is 2. The van der Waals surface area contributed by atoms with Crippen molar-refractivity contribution in [2.75, 3.05) is 17.7 Å². The van der Waals surface area contributed by atoms with Crippen molar-refractivity contribution in [3.63, 3.8) is 0 Å². The Morgan fingerprint density at radius 1 is 1.25 bits per heavy atom. The van der Waals surface area contributed by atoms with Crippen LogP contribution in [0.15, 0.2) is 30.3 Å². The molecule has 4 heteroatoms. The van der Waals surface area contributed by atoms with Crippen LogP contribution < -0.4 is 10.6 Å². The van der Waals surface area contributed by atoms with Crippen LogP contribution in [0.1, 0.15) is 37.0 Å². The molecular weight excluding hydrogens is 248 g/mol. The second-order valence-electron chi connectivity index (χ2n) is 5.08. The van der Waals surface area contributed by atoms with Crippen LogP contribution in [0.2, 0.25) is 0 Å². The van der Waals surface area contributed by atoms with Crippen molar-refractivity contribution < 1.29 is 0 Å². The Balaban J connectivity index is 2.30. The summed E-state index contributed by atoms with van der Waals surface area (Å²) in [4.78, 5) is 11.1. The number of nitrogens with zero attached hydrogens (tertiary/aromatic N) is 3. The molecule has 1 aromatic carbocycles. The van der Waals surface area contributed by atoms with Gasteiger partial charge in [0.2, 0.25) is 0 Å². The third kappa shape index (κ3) is 3.07. The summed E-state index contributed by atoms with van der Waals surface area (Å²) in [7, 11) is 2.05. The Morgan fingerprint density at radius 3 is 2.65 bits per heavy atom. The summed E-state index contributed by atoms with van der Waals surface area (Å²) in [6.45, 7) is 6.19. The van der Waals surface area contributed by atoms with Gasteiger partial charge in [-0.2, -0.15) is 0 Å². The number of hydrogen-bond acceptors (Lipinski definition) is 4. The van der Waals surface area contributed by atoms with Gasteiger partial charge in [-0.1, -0.05) is 19.1 Å². The van der Waals surface area contributed by atoms with E-state index in [9.17, 15) is 0 Å². The highest BCUT2D eigenvalue weighted by Gasteiger charge is 2.14. The predicted molar refractivity (Wildman–Crippen MR) is 83.8 cm³/mol. The van der Waals surface area contributed by atoms with Gasteiger partial charge >= 0.3 is 0 Å². The third-order valence-electron chi connectivity index (χ3n) is 3.58. The molecule has 0 bridgehead atoms. The Bertz CT molecular complexity index is 595. The normalized spacial score (nSPS) is 12.2. The fourth-order valence-corrected chi connectivity index (χ4v) is 2.21. The maximum atomic E-state index is 5.86. The lowest BCUT2D eigenvalue weighted by Crippen LogP contribution is -2.23. The molecule has 1 unspecified atom stereocenters. The molecule has 0 aliphatic heterocycles. The van der Waals surface area contributed by atoms with Crippen LogP contribution >= 0.6 is 0 Å². The molecule has 0 amide bonds. The number of nitrogens with two attached hydrogens (primary N) is 1. The fraction of sp³-hybridized carbons (Fsp3) is 0.375. The smallest absolute Gasteiger partial charge is 0.132 e. The van der Waals surface area contributed by atoms with Crippen LogP contribution in [0.3, 0.4) is 0 Å². The quantitative estimate of drug-likeness (QED) is 0.867. The molecule has 0 aliphatic carbocycles. The van der Waals surface area contributed by atoms with Crippen LogP contribution in [-0.4, -0.2) is 17.0 Å². The molecule has 1 aromatic heterocycles. The summed E-state index contributed by atoms with van der Waals surface area (Å²) in [5, 5.41) is 0. The second-order valence-corrected chi connectivity index (χ2v) is 5.08. The van der Waals surface area contributed by atoms with E-state index in [1.165, 1.54) is 5.56 Å². The number of anilines is 2. The van der Waals surface area contributed by atoms with Crippen LogP contribution in [0.25, 0.3) is 0 Å². The zero-order valence-corrected chi connectivity index (χ0v) is 12.6. The molecule has 0 aliphatic rings. The summed E-state index contributed by atoms with van der Waals surface area (Å²) >= 11 is 0. The molecule has 0 saturated carbocycles. The molecular formula is C16H22N4. The highest BCUT2D eigenvalue weighted by molar-refractivity contribution is 5.46. The molecule has 2 rings (SSSR count). The Labute approximate surface area is 120 Å². The second kappa shape index (κ2) is 5.90. The van der Waals surface area contributed by atoms with Gasteiger partial charge in [-0.3, -0.25) is 0 Å². The summed E-state index contributed by atoms with van der Waals surface area (Å²) in [5.74, 6) is 1.76. The van der Waals surface area contributed by atoms with E-state index in [0.717, 1.165) is 29.4 Å². The van der Waals surface area contributed by atoms with E-state index in [2.05, 4.69) is 47.9 Å². The molecule has 0 radical (unpaired) electrons. The highest BCUT2D eigenvalue weighted by Crippen LogP contribution is 2.25. The lowest BCUT2D eigenvalue weighted by molar-refractivity contribution is 0.722. The SMILES string of the molecule is CCc1cc(N(C)C(C)c2cccc(N)c2)nc(C)n1. The van der Waals surface area contributed by atoms with Gasteiger partial charge in [-0.15, -0.1) is 0 Å². The topological polar surface area (TPSA) is 55.0 Å². The molecule has 2 N–H and O–H groups in total. The first kappa shape index (κ1) is 14.3. The maximum absolute atomic E-state index is 5.86. The summed E-state index contributed by atoms with van der Waals surface area (Å²) in [6, 6.07) is 10.2. The standard InChI is InChI=1S/C16H22N4/c1-5-15-10-16(19-12(3)18-15)20(4)11(2)13-7-6-8-14(17)9-13/h6-11H,5,17H2,1-4H3. The molecule has 4 nitrogen and oxygen atoms in total. The first-order valence-corrected chi connectivity index (χ1v) is 6.94. The first-order chi connectivity index (χ1) is 9.51. The first-order valence-electron chi connectivity index (χ1n) is 6.94. The van der Waals surface area contributed by atoms with E-state index in [0.29, 0.717) is 0 Å². The summed E-state index contributed by atoms with van der Waals surface area (Å²) in [5.41, 5.74) is 8.90. The average Bonchev–Trinajstić information content (AvgIpc) is 2.45. The van der Waals surface area contributed by atoms with Crippen molar-refractivity contribution in [1.29, 1.82) is 0 Å². The highest BCUT2D eigenvalue weighted by atomic mass is 15.2. The van der Waals surface area contributed by atoms with Gasteiger partial charge in [0, 0.05) is 24.5 Å². The van der Waals surface area contributed by atoms with Crippen LogP contribution in [-0.2, 0) is 6.42 Å². The minimum Gasteiger partial charge on any atom is -0.399 e. The average molecular weight is 270 g/mol. The lowest BCUT2D eigenvalue weighted by atomic mass is 10.1. The zero-order valence-electron chi connectivity index (χ0n) is 12.6. The van der Waals surface area contributed by atoms with Crippen molar-refractivity contribution in [1.82, 2.24) is 9.97 Å². The van der Waals surface area contributed by atoms with E-state index < -0.39 is 0 Å². The molecule has 0 saturated heterocycles. The largest absolute Gasteiger partial charge is 0.399 e. The van der Waals surface area contributed by atoms with E-state index >= 15 is 0 Å². The predicted octanol–water partition coefficient (Wildman–Crippen LogP) is 3.13. The molecule has 106 valence electrons. The molecule has 20 heavy (non-hydrogen) atoms. The van der Waals surface area contributed by atoms with Gasteiger partial charge in [0.05, 0.1) is 6.04 Å². The van der Waals surface area contributed by atoms with Gasteiger partial charge in [0.25, 0.3) is 0 Å². The summed E-state index contributed by atoms with van der Waals surface area (Å²) in [6.07, 6.45) is 0.914. The molecule has 0 fully saturated rings. The molecule has 0 spiro atoms. The van der Waals surface area contributed by atoms with Gasteiger partial charge in [0.1, 0.15) is 11.6 Å². The fourth-order valence-electron chi connectivity index (χ4n) is 2.21. The van der Waals surface area contributed by atoms with Crippen molar-refractivity contribution in [2.24, 2.45) is 0 Å². The Morgan fingerprint density at radius 2 is 2.00 bits per heavy atom. The lowest BCUT2D eigenvalue weighted by Gasteiger charge is -2.27. The zero-order chi connectivity index (χ0) is 14.7. The maximum Gasteiger partial charge on any atom is 0.132 e. The number of rotatable bonds is 4. The van der Waals surface area contributed by atoms with E-state index in [1.54, 1.807) is 0 Å². The molecule has 2 aromatic rings. The van der Waals surface area contributed by atoms with Gasteiger partial charge in [-0.05, 0) is 38.0 Å². The van der Waals surface area contributed by atoms with Gasteiger partial charge < -0.3 is 10.6 Å². The van der Waals surface area contributed by atoms with Crippen molar-refractivity contribution in [3.8, 4) is 0 Å². The van der Waals surface area contributed by atoms with Gasteiger partial charge in [-0.25, -0.2) is 9.97 Å². The van der Waals surface area contributed by atoms with E-state index in [-0.39, 0.29) is 6.04 Å². The van der Waals surface area contributed by atoms with Crippen LogP contribution in [0.5, 0.6) is 0 Å². The van der Waals surface area contributed by atoms with Crippen molar-refractivity contribution in [3.05, 3.63) is 47.4 Å². The van der Waals surface area contributed by atoms with E-state index in [4.69, 9.17) is 5.73 Å². The summed E-state index contributed by atoms with van der Waals surface area (Å²) < 4.78 is 0. The number of aromatic nitrogens is 2. The van der Waals surface area contributed by atoms with Crippen molar-refractivity contribution >= 4 is 11.5 Å². The van der Waals surface area contributed by atoms with Crippen LogP contribution in [0.4, 0.5) is 11.5 Å². The monoisotopic (exact) mass is 270 g/mol. The Hall–Kier alpha value is -2.10. The number of hydrogen-bond donors (Lipinski definition) is 1. The van der Waals surface area contributed by atoms with Crippen LogP contribution in [0, 0.1) is 6.92 Å². The number of nitrogen functional groups attached to an aromatic ring is 1. The minimum atomic E-state index is 0.206. The minimum absolute atomic E-state index is 0.206. The third-order valence-corrected chi connectivity index (χ3v) is 3.58. The number of benzene rings is 1. The van der Waals surface area contributed by atoms with E-state index in [1.807, 2.05) is 25.1 Å². The van der Waals surface area contributed by atoms with Crippen molar-refractivity contribution in [2.45, 2.75) is 33.2 Å².